The fourth-order valence-electron chi connectivity index (χ4n) is 3.22. The monoisotopic (exact) mass is 352 g/mol. The average molecular weight is 352 g/mol. The predicted octanol–water partition coefficient (Wildman–Crippen LogP) is 2.13. The van der Waals surface area contributed by atoms with Gasteiger partial charge in [-0.05, 0) is 30.3 Å². The van der Waals surface area contributed by atoms with E-state index in [9.17, 15) is 4.79 Å². The molecule has 0 bridgehead atoms. The predicted molar refractivity (Wildman–Crippen MR) is 96.4 cm³/mol. The lowest BCUT2D eigenvalue weighted by atomic mass is 9.99. The molecule has 1 fully saturated rings. The second-order valence-corrected chi connectivity index (χ2v) is 6.44. The highest BCUT2D eigenvalue weighted by molar-refractivity contribution is 5.99. The van der Waals surface area contributed by atoms with Gasteiger partial charge >= 0.3 is 0 Å². The molecular formula is C19H20N4O3. The second kappa shape index (κ2) is 6.67. The molecule has 1 aliphatic rings. The van der Waals surface area contributed by atoms with E-state index in [4.69, 9.17) is 9.47 Å². The molecule has 0 radical (unpaired) electrons. The maximum atomic E-state index is 12.7. The summed E-state index contributed by atoms with van der Waals surface area (Å²) in [4.78, 5) is 18.5. The number of carbonyl (C=O) groups is 1. The van der Waals surface area contributed by atoms with Crippen LogP contribution in [0, 0.1) is 5.92 Å². The molecule has 7 heteroatoms. The lowest BCUT2D eigenvalue weighted by Gasteiger charge is -2.39. The number of hydrogen-bond acceptors (Lipinski definition) is 5. The van der Waals surface area contributed by atoms with Crippen LogP contribution in [0.1, 0.15) is 10.4 Å². The van der Waals surface area contributed by atoms with E-state index in [-0.39, 0.29) is 5.91 Å². The molecule has 0 N–H and O–H groups in total. The molecule has 1 saturated heterocycles. The number of aromatic nitrogens is 3. The molecule has 134 valence electrons. The Kier molecular flexibility index (Phi) is 4.20. The topological polar surface area (TPSA) is 69.5 Å². The van der Waals surface area contributed by atoms with Crippen LogP contribution in [0.4, 0.5) is 0 Å². The van der Waals surface area contributed by atoms with E-state index < -0.39 is 0 Å². The van der Waals surface area contributed by atoms with Crippen LogP contribution in [0.3, 0.4) is 0 Å². The number of likely N-dealkylation sites (tertiary alicyclic amines) is 1. The van der Waals surface area contributed by atoms with Crippen molar-refractivity contribution in [1.29, 1.82) is 0 Å². The van der Waals surface area contributed by atoms with Gasteiger partial charge in [-0.25, -0.2) is 4.68 Å². The van der Waals surface area contributed by atoms with Gasteiger partial charge in [0.25, 0.3) is 5.91 Å². The smallest absolute Gasteiger partial charge is 0.253 e. The van der Waals surface area contributed by atoms with Gasteiger partial charge in [0, 0.05) is 37.8 Å². The van der Waals surface area contributed by atoms with Crippen LogP contribution in [-0.4, -0.2) is 52.4 Å². The number of pyridine rings is 1. The first-order valence-electron chi connectivity index (χ1n) is 8.48. The molecular weight excluding hydrogens is 332 g/mol. The van der Waals surface area contributed by atoms with E-state index in [1.165, 1.54) is 0 Å². The van der Waals surface area contributed by atoms with E-state index in [0.717, 1.165) is 16.7 Å². The number of hydrogen-bond donors (Lipinski definition) is 0. The lowest BCUT2D eigenvalue weighted by molar-refractivity contribution is 0.0393. The molecule has 0 saturated carbocycles. The van der Waals surface area contributed by atoms with Gasteiger partial charge in [0.05, 0.1) is 30.8 Å². The Hall–Kier alpha value is -3.09. The van der Waals surface area contributed by atoms with Crippen molar-refractivity contribution in [2.24, 2.45) is 13.0 Å². The summed E-state index contributed by atoms with van der Waals surface area (Å²) in [6, 6.07) is 9.25. The minimum atomic E-state index is 0.0224. The largest absolute Gasteiger partial charge is 0.492 e. The Morgan fingerprint density at radius 3 is 2.88 bits per heavy atom. The zero-order valence-corrected chi connectivity index (χ0v) is 14.8. The van der Waals surface area contributed by atoms with Crippen LogP contribution in [0.5, 0.6) is 11.6 Å². The van der Waals surface area contributed by atoms with Gasteiger partial charge in [-0.15, -0.1) is 0 Å². The fraction of sp³-hybridized carbons (Fsp3) is 0.316. The Morgan fingerprint density at radius 1 is 1.31 bits per heavy atom. The first-order valence-corrected chi connectivity index (χ1v) is 8.48. The van der Waals surface area contributed by atoms with Gasteiger partial charge in [-0.3, -0.25) is 9.78 Å². The molecule has 1 aliphatic heterocycles. The van der Waals surface area contributed by atoms with Gasteiger partial charge in [-0.2, -0.15) is 5.10 Å². The van der Waals surface area contributed by atoms with Gasteiger partial charge in [0.2, 0.25) is 5.88 Å². The van der Waals surface area contributed by atoms with Crippen molar-refractivity contribution in [3.05, 3.63) is 48.3 Å². The Labute approximate surface area is 151 Å². The number of amides is 1. The number of carbonyl (C=O) groups excluding carboxylic acids is 1. The molecule has 1 amide bonds. The van der Waals surface area contributed by atoms with Crippen molar-refractivity contribution < 1.29 is 14.3 Å². The van der Waals surface area contributed by atoms with Crippen molar-refractivity contribution in [2.75, 3.05) is 26.8 Å². The molecule has 1 aromatic carbocycles. The number of aryl methyl sites for hydroxylation is 1. The number of rotatable bonds is 5. The first kappa shape index (κ1) is 16.4. The van der Waals surface area contributed by atoms with E-state index >= 15 is 0 Å². The summed E-state index contributed by atoms with van der Waals surface area (Å²) >= 11 is 0. The molecule has 0 unspecified atom stereocenters. The Bertz CT molecular complexity index is 933. The zero-order chi connectivity index (χ0) is 18.1. The third kappa shape index (κ3) is 2.96. The maximum Gasteiger partial charge on any atom is 0.253 e. The molecule has 7 nitrogen and oxygen atoms in total. The minimum Gasteiger partial charge on any atom is -0.492 e. The molecule has 4 rings (SSSR count). The van der Waals surface area contributed by atoms with Crippen molar-refractivity contribution in [3.63, 3.8) is 0 Å². The molecule has 0 aliphatic carbocycles. The summed E-state index contributed by atoms with van der Waals surface area (Å²) in [5, 5.41) is 5.30. The highest BCUT2D eigenvalue weighted by atomic mass is 16.5. The SMILES string of the molecule is COc1c2ccc(C(=O)N3CC(COc4cccnc4)C3)cc2nn1C. The van der Waals surface area contributed by atoms with Crippen LogP contribution in [0.25, 0.3) is 10.9 Å². The average Bonchev–Trinajstić information content (AvgIpc) is 2.95. The molecule has 0 atom stereocenters. The summed E-state index contributed by atoms with van der Waals surface area (Å²) in [5.41, 5.74) is 1.40. The minimum absolute atomic E-state index is 0.0224. The second-order valence-electron chi connectivity index (χ2n) is 6.44. The zero-order valence-electron chi connectivity index (χ0n) is 14.8. The summed E-state index contributed by atoms with van der Waals surface area (Å²) < 4.78 is 12.7. The molecule has 3 aromatic rings. The van der Waals surface area contributed by atoms with Crippen LogP contribution in [0.2, 0.25) is 0 Å². The lowest BCUT2D eigenvalue weighted by Crippen LogP contribution is -2.52. The number of methoxy groups -OCH3 is 1. The summed E-state index contributed by atoms with van der Waals surface area (Å²) in [5.74, 6) is 1.81. The van der Waals surface area contributed by atoms with Gasteiger partial charge in [0.1, 0.15) is 5.75 Å². The van der Waals surface area contributed by atoms with Crippen molar-refractivity contribution in [2.45, 2.75) is 0 Å². The number of nitrogens with zero attached hydrogens (tertiary/aromatic N) is 4. The van der Waals surface area contributed by atoms with Crippen LogP contribution in [0.15, 0.2) is 42.7 Å². The standard InChI is InChI=1S/C19H20N4O3/c1-22-19(25-2)16-6-5-14(8-17(16)21-22)18(24)23-10-13(11-23)12-26-15-4-3-7-20-9-15/h3-9,13H,10-12H2,1-2H3. The summed E-state index contributed by atoms with van der Waals surface area (Å²) in [6.45, 7) is 1.98. The Morgan fingerprint density at radius 2 is 2.15 bits per heavy atom. The third-order valence-electron chi connectivity index (χ3n) is 4.58. The van der Waals surface area contributed by atoms with Crippen molar-refractivity contribution in [3.8, 4) is 11.6 Å². The van der Waals surface area contributed by atoms with E-state index in [1.807, 2.05) is 42.3 Å². The summed E-state index contributed by atoms with van der Waals surface area (Å²) in [7, 11) is 3.44. The first-order chi connectivity index (χ1) is 12.7. The van der Waals surface area contributed by atoms with Gasteiger partial charge in [-0.1, -0.05) is 0 Å². The third-order valence-corrected chi connectivity index (χ3v) is 4.58. The van der Waals surface area contributed by atoms with E-state index in [0.29, 0.717) is 37.1 Å². The molecule has 2 aromatic heterocycles. The summed E-state index contributed by atoms with van der Waals surface area (Å²) in [6.07, 6.45) is 3.41. The van der Waals surface area contributed by atoms with Crippen LogP contribution in [-0.2, 0) is 7.05 Å². The molecule has 3 heterocycles. The van der Waals surface area contributed by atoms with Crippen molar-refractivity contribution >= 4 is 16.8 Å². The highest BCUT2D eigenvalue weighted by Gasteiger charge is 2.32. The number of benzene rings is 1. The quantitative estimate of drug-likeness (QED) is 0.704. The molecule has 0 spiro atoms. The van der Waals surface area contributed by atoms with Crippen molar-refractivity contribution in [1.82, 2.24) is 19.7 Å². The van der Waals surface area contributed by atoms with E-state index in [2.05, 4.69) is 10.1 Å². The Balaban J connectivity index is 1.37. The molecule has 26 heavy (non-hydrogen) atoms. The number of fused-ring (bicyclic) bond motifs is 1. The maximum absolute atomic E-state index is 12.7. The van der Waals surface area contributed by atoms with Crippen LogP contribution >= 0.6 is 0 Å². The highest BCUT2D eigenvalue weighted by Crippen LogP contribution is 2.27. The van der Waals surface area contributed by atoms with Gasteiger partial charge < -0.3 is 14.4 Å². The van der Waals surface area contributed by atoms with Gasteiger partial charge in [0.15, 0.2) is 0 Å². The fourth-order valence-corrected chi connectivity index (χ4v) is 3.22. The number of ether oxygens (including phenoxy) is 2. The van der Waals surface area contributed by atoms with E-state index in [1.54, 1.807) is 24.2 Å². The normalized spacial score (nSPS) is 14.3. The van der Waals surface area contributed by atoms with Crippen LogP contribution < -0.4 is 9.47 Å².